The smallest absolute Gasteiger partial charge is 0.0830 e. The van der Waals surface area contributed by atoms with Crippen molar-refractivity contribution in [2.45, 2.75) is 32.8 Å². The molecule has 0 aliphatic rings. The number of aromatic nitrogens is 1. The third kappa shape index (κ3) is 4.43. The second-order valence-corrected chi connectivity index (χ2v) is 6.49. The van der Waals surface area contributed by atoms with E-state index >= 15 is 0 Å². The van der Waals surface area contributed by atoms with Crippen molar-refractivity contribution in [1.29, 1.82) is 0 Å². The first-order valence-corrected chi connectivity index (χ1v) is 7.70. The number of nitrogens with zero attached hydrogens (tertiary/aromatic N) is 1. The highest BCUT2D eigenvalue weighted by molar-refractivity contribution is 9.10. The molecule has 20 heavy (non-hydrogen) atoms. The van der Waals surface area contributed by atoms with Gasteiger partial charge < -0.3 is 5.11 Å². The lowest BCUT2D eigenvalue weighted by atomic mass is 9.98. The van der Waals surface area contributed by atoms with Crippen molar-refractivity contribution in [2.75, 3.05) is 0 Å². The van der Waals surface area contributed by atoms with Crippen LogP contribution in [0.1, 0.15) is 36.6 Å². The zero-order valence-corrected chi connectivity index (χ0v) is 13.5. The minimum absolute atomic E-state index is 0.487. The van der Waals surface area contributed by atoms with Crippen molar-refractivity contribution in [2.24, 2.45) is 5.92 Å². The van der Waals surface area contributed by atoms with Gasteiger partial charge in [-0.05, 0) is 51.0 Å². The lowest BCUT2D eigenvalue weighted by Crippen LogP contribution is -2.03. The van der Waals surface area contributed by atoms with Gasteiger partial charge in [0, 0.05) is 23.3 Å². The standard InChI is InChI=1S/C17H20BrNO/c1-12(2)7-13-3-5-15(6-4-13)17(20)9-14-8-16(18)11-19-10-14/h3-6,8,10-12,17,20H,7,9H2,1-2H3. The summed E-state index contributed by atoms with van der Waals surface area (Å²) in [6, 6.07) is 10.3. The molecule has 1 aromatic carbocycles. The monoisotopic (exact) mass is 333 g/mol. The Morgan fingerprint density at radius 2 is 1.75 bits per heavy atom. The molecule has 1 N–H and O–H groups in total. The Hall–Kier alpha value is -1.19. The van der Waals surface area contributed by atoms with Gasteiger partial charge in [0.05, 0.1) is 6.10 Å². The summed E-state index contributed by atoms with van der Waals surface area (Å²) < 4.78 is 0.939. The molecule has 1 aromatic heterocycles. The Balaban J connectivity index is 2.03. The number of halogens is 1. The summed E-state index contributed by atoms with van der Waals surface area (Å²) >= 11 is 3.40. The predicted octanol–water partition coefficient (Wildman–Crippen LogP) is 4.32. The van der Waals surface area contributed by atoms with E-state index in [1.54, 1.807) is 12.4 Å². The van der Waals surface area contributed by atoms with Crippen molar-refractivity contribution in [3.63, 3.8) is 0 Å². The fourth-order valence-electron chi connectivity index (χ4n) is 2.26. The van der Waals surface area contributed by atoms with E-state index in [4.69, 9.17) is 0 Å². The van der Waals surface area contributed by atoms with Crippen LogP contribution >= 0.6 is 15.9 Å². The molecule has 2 aromatic rings. The maximum atomic E-state index is 10.3. The Morgan fingerprint density at radius 3 is 2.35 bits per heavy atom. The number of aliphatic hydroxyl groups is 1. The number of hydrogen-bond donors (Lipinski definition) is 1. The summed E-state index contributed by atoms with van der Waals surface area (Å²) in [5.41, 5.74) is 3.30. The van der Waals surface area contributed by atoms with E-state index < -0.39 is 6.10 Å². The summed E-state index contributed by atoms with van der Waals surface area (Å²) in [6.45, 7) is 4.42. The lowest BCUT2D eigenvalue weighted by Gasteiger charge is -2.12. The maximum Gasteiger partial charge on any atom is 0.0830 e. The molecule has 0 amide bonds. The number of aliphatic hydroxyl groups excluding tert-OH is 1. The molecule has 0 aliphatic carbocycles. The first kappa shape index (κ1) is 15.2. The molecular weight excluding hydrogens is 314 g/mol. The van der Waals surface area contributed by atoms with Gasteiger partial charge in [0.25, 0.3) is 0 Å². The molecule has 0 aliphatic heterocycles. The van der Waals surface area contributed by atoms with Gasteiger partial charge in [0.2, 0.25) is 0 Å². The summed E-state index contributed by atoms with van der Waals surface area (Å²) in [5, 5.41) is 10.3. The molecule has 1 heterocycles. The van der Waals surface area contributed by atoms with Gasteiger partial charge in [0.15, 0.2) is 0 Å². The third-order valence-electron chi connectivity index (χ3n) is 3.20. The highest BCUT2D eigenvalue weighted by Gasteiger charge is 2.09. The van der Waals surface area contributed by atoms with Crippen LogP contribution in [-0.2, 0) is 12.8 Å². The lowest BCUT2D eigenvalue weighted by molar-refractivity contribution is 0.178. The van der Waals surface area contributed by atoms with Gasteiger partial charge in [-0.25, -0.2) is 0 Å². The molecule has 106 valence electrons. The number of hydrogen-bond acceptors (Lipinski definition) is 2. The van der Waals surface area contributed by atoms with Crippen LogP contribution in [0.4, 0.5) is 0 Å². The van der Waals surface area contributed by atoms with E-state index in [2.05, 4.69) is 46.9 Å². The van der Waals surface area contributed by atoms with Gasteiger partial charge >= 0.3 is 0 Å². The van der Waals surface area contributed by atoms with Gasteiger partial charge in [-0.2, -0.15) is 0 Å². The SMILES string of the molecule is CC(C)Cc1ccc(C(O)Cc2cncc(Br)c2)cc1. The van der Waals surface area contributed by atoms with Crippen LogP contribution in [-0.4, -0.2) is 10.1 Å². The highest BCUT2D eigenvalue weighted by Crippen LogP contribution is 2.21. The van der Waals surface area contributed by atoms with Crippen LogP contribution in [0.3, 0.4) is 0 Å². The Morgan fingerprint density at radius 1 is 1.05 bits per heavy atom. The van der Waals surface area contributed by atoms with E-state index in [1.807, 2.05) is 18.2 Å². The Kier molecular flexibility index (Phi) is 5.32. The van der Waals surface area contributed by atoms with Crippen LogP contribution in [0.2, 0.25) is 0 Å². The van der Waals surface area contributed by atoms with Crippen molar-refractivity contribution in [1.82, 2.24) is 4.98 Å². The van der Waals surface area contributed by atoms with Crippen LogP contribution in [0.25, 0.3) is 0 Å². The summed E-state index contributed by atoms with van der Waals surface area (Å²) in [7, 11) is 0. The van der Waals surface area contributed by atoms with Crippen molar-refractivity contribution < 1.29 is 5.11 Å². The first-order valence-electron chi connectivity index (χ1n) is 6.91. The van der Waals surface area contributed by atoms with E-state index in [-0.39, 0.29) is 0 Å². The minimum Gasteiger partial charge on any atom is -0.388 e. The fourth-order valence-corrected chi connectivity index (χ4v) is 2.67. The van der Waals surface area contributed by atoms with Crippen molar-refractivity contribution in [3.8, 4) is 0 Å². The van der Waals surface area contributed by atoms with Gasteiger partial charge in [-0.3, -0.25) is 4.98 Å². The largest absolute Gasteiger partial charge is 0.388 e. The molecule has 0 spiro atoms. The fraction of sp³-hybridized carbons (Fsp3) is 0.353. The maximum absolute atomic E-state index is 10.3. The summed E-state index contributed by atoms with van der Waals surface area (Å²) in [5.74, 6) is 0.651. The van der Waals surface area contributed by atoms with Crippen LogP contribution in [0, 0.1) is 5.92 Å². The Bertz CT molecular complexity index is 551. The van der Waals surface area contributed by atoms with E-state index in [0.29, 0.717) is 12.3 Å². The van der Waals surface area contributed by atoms with Gasteiger partial charge in [0.1, 0.15) is 0 Å². The number of pyridine rings is 1. The van der Waals surface area contributed by atoms with Crippen LogP contribution < -0.4 is 0 Å². The second kappa shape index (κ2) is 7.00. The molecule has 0 saturated heterocycles. The second-order valence-electron chi connectivity index (χ2n) is 5.57. The van der Waals surface area contributed by atoms with Crippen LogP contribution in [0.15, 0.2) is 47.2 Å². The summed E-state index contributed by atoms with van der Waals surface area (Å²) in [6.07, 6.45) is 4.71. The zero-order valence-electron chi connectivity index (χ0n) is 11.9. The molecule has 0 saturated carbocycles. The number of benzene rings is 1. The number of rotatable bonds is 5. The van der Waals surface area contributed by atoms with E-state index in [1.165, 1.54) is 5.56 Å². The predicted molar refractivity (Wildman–Crippen MR) is 85.6 cm³/mol. The molecule has 3 heteroatoms. The molecule has 1 atom stereocenters. The highest BCUT2D eigenvalue weighted by atomic mass is 79.9. The van der Waals surface area contributed by atoms with Gasteiger partial charge in [-0.1, -0.05) is 38.1 Å². The molecule has 0 radical (unpaired) electrons. The molecule has 0 bridgehead atoms. The topological polar surface area (TPSA) is 33.1 Å². The summed E-state index contributed by atoms with van der Waals surface area (Å²) in [4.78, 5) is 4.12. The first-order chi connectivity index (χ1) is 9.54. The third-order valence-corrected chi connectivity index (χ3v) is 3.63. The van der Waals surface area contributed by atoms with Crippen molar-refractivity contribution in [3.05, 3.63) is 63.9 Å². The van der Waals surface area contributed by atoms with E-state index in [0.717, 1.165) is 22.0 Å². The zero-order chi connectivity index (χ0) is 14.5. The molecule has 0 fully saturated rings. The molecule has 1 unspecified atom stereocenters. The van der Waals surface area contributed by atoms with Crippen LogP contribution in [0.5, 0.6) is 0 Å². The quantitative estimate of drug-likeness (QED) is 0.883. The Labute approximate surface area is 129 Å². The van der Waals surface area contributed by atoms with Crippen molar-refractivity contribution >= 4 is 15.9 Å². The average Bonchev–Trinajstić information content (AvgIpc) is 2.38. The average molecular weight is 334 g/mol. The molecular formula is C17H20BrNO. The minimum atomic E-state index is -0.487. The normalized spacial score (nSPS) is 12.7. The van der Waals surface area contributed by atoms with Gasteiger partial charge in [-0.15, -0.1) is 0 Å². The molecule has 2 nitrogen and oxygen atoms in total. The molecule has 2 rings (SSSR count). The van der Waals surface area contributed by atoms with E-state index in [9.17, 15) is 5.11 Å².